The van der Waals surface area contributed by atoms with Gasteiger partial charge in [0.1, 0.15) is 0 Å². The Hall–Kier alpha value is -0.950. The fourth-order valence-corrected chi connectivity index (χ4v) is 6.21. The Morgan fingerprint density at radius 1 is 0.778 bits per heavy atom. The molecule has 0 unspecified atom stereocenters. The number of ether oxygens (including phenoxy) is 2. The fourth-order valence-electron chi connectivity index (χ4n) is 2.85. The van der Waals surface area contributed by atoms with Crippen molar-refractivity contribution in [3.63, 3.8) is 0 Å². The quantitative estimate of drug-likeness (QED) is 0.272. The summed E-state index contributed by atoms with van der Waals surface area (Å²) in [4.78, 5) is 0. The predicted molar refractivity (Wildman–Crippen MR) is 122 cm³/mol. The molecule has 0 fully saturated rings. The van der Waals surface area contributed by atoms with Gasteiger partial charge in [-0.2, -0.15) is 0 Å². The number of halogens is 2. The Labute approximate surface area is 174 Å². The van der Waals surface area contributed by atoms with E-state index in [-0.39, 0.29) is 0 Å². The number of hydrogen-bond acceptors (Lipinski definition) is 2. The van der Waals surface area contributed by atoms with Crippen LogP contribution in [0.4, 0.5) is 0 Å². The molecule has 0 aliphatic carbocycles. The van der Waals surface area contributed by atoms with Gasteiger partial charge < -0.3 is 0 Å². The van der Waals surface area contributed by atoms with Crippen LogP contribution in [-0.2, 0) is 0 Å². The van der Waals surface area contributed by atoms with Gasteiger partial charge in [0.15, 0.2) is 0 Å². The molecular formula is C22H31Cl2O2P. The van der Waals surface area contributed by atoms with Crippen molar-refractivity contribution in [2.24, 2.45) is 0 Å². The van der Waals surface area contributed by atoms with Crippen molar-refractivity contribution in [1.29, 1.82) is 0 Å². The van der Waals surface area contributed by atoms with Gasteiger partial charge in [-0.3, -0.25) is 0 Å². The first-order valence-corrected chi connectivity index (χ1v) is 14.0. The van der Waals surface area contributed by atoms with Gasteiger partial charge in [-0.15, -0.1) is 0 Å². The van der Waals surface area contributed by atoms with E-state index in [4.69, 9.17) is 32.0 Å². The second-order valence-electron chi connectivity index (χ2n) is 6.71. The summed E-state index contributed by atoms with van der Waals surface area (Å²) in [5, 5.41) is 1.85. The summed E-state index contributed by atoms with van der Waals surface area (Å²) in [6, 6.07) is 15.8. The van der Waals surface area contributed by atoms with Crippen LogP contribution >= 0.6 is 28.4 Å². The van der Waals surface area contributed by atoms with Crippen LogP contribution in [0, 0.1) is 0 Å². The maximum absolute atomic E-state index is 6.91. The zero-order valence-electron chi connectivity index (χ0n) is 16.3. The number of hydrogen-bond donors (Lipinski definition) is 0. The van der Waals surface area contributed by atoms with Crippen LogP contribution in [-0.4, -0.2) is 13.2 Å². The summed E-state index contributed by atoms with van der Waals surface area (Å²) < 4.78 is 12.0. The van der Waals surface area contributed by atoms with Crippen molar-refractivity contribution in [1.82, 2.24) is 0 Å². The number of rotatable bonds is 12. The van der Waals surface area contributed by atoms with Crippen LogP contribution in [0.2, 0.25) is 0 Å². The Morgan fingerprint density at radius 2 is 1.41 bits per heavy atom. The van der Waals surface area contributed by atoms with Gasteiger partial charge in [-0.05, 0) is 0 Å². The van der Waals surface area contributed by atoms with Crippen LogP contribution < -0.4 is 20.1 Å². The molecule has 2 rings (SSSR count). The van der Waals surface area contributed by atoms with E-state index in [0.29, 0.717) is 13.2 Å². The monoisotopic (exact) mass is 428 g/mol. The standard InChI is InChI=1S/C22H31Cl2O2P/c1-3-5-10-16-25-19-14-15-22(21(18-19)26-17-11-6-4-2)27(23,24)20-12-8-7-9-13-20/h7-9,12-15,18,27H,3-6,10-11,16-17H2,1-2H3. The topological polar surface area (TPSA) is 18.5 Å². The number of benzene rings is 2. The van der Waals surface area contributed by atoms with Gasteiger partial charge in [-0.25, -0.2) is 0 Å². The first-order valence-electron chi connectivity index (χ1n) is 9.93. The van der Waals surface area contributed by atoms with Crippen molar-refractivity contribution in [2.75, 3.05) is 13.2 Å². The van der Waals surface area contributed by atoms with E-state index in [0.717, 1.165) is 47.8 Å². The van der Waals surface area contributed by atoms with Crippen LogP contribution in [0.3, 0.4) is 0 Å². The van der Waals surface area contributed by atoms with E-state index < -0.39 is 5.97 Å². The van der Waals surface area contributed by atoms with E-state index in [1.54, 1.807) is 0 Å². The Morgan fingerprint density at radius 3 is 2.04 bits per heavy atom. The third-order valence-electron chi connectivity index (χ3n) is 4.45. The molecule has 0 aliphatic heterocycles. The van der Waals surface area contributed by atoms with Gasteiger partial charge >= 0.3 is 174 Å². The van der Waals surface area contributed by atoms with Gasteiger partial charge in [0.05, 0.1) is 0 Å². The molecule has 0 saturated carbocycles. The first kappa shape index (κ1) is 22.3. The molecule has 0 aromatic heterocycles. The minimum absolute atomic E-state index is 0.660. The number of unbranched alkanes of at least 4 members (excludes halogenated alkanes) is 4. The fraction of sp³-hybridized carbons (Fsp3) is 0.455. The molecule has 150 valence electrons. The van der Waals surface area contributed by atoms with Gasteiger partial charge in [0.25, 0.3) is 0 Å². The summed E-state index contributed by atoms with van der Waals surface area (Å²) >= 11 is 13.8. The Bertz CT molecular complexity index is 677. The van der Waals surface area contributed by atoms with Crippen molar-refractivity contribution in [3.8, 4) is 11.5 Å². The molecule has 0 spiro atoms. The molecule has 0 heterocycles. The van der Waals surface area contributed by atoms with Crippen molar-refractivity contribution in [3.05, 3.63) is 48.5 Å². The van der Waals surface area contributed by atoms with E-state index in [1.807, 2.05) is 48.5 Å². The van der Waals surface area contributed by atoms with E-state index in [9.17, 15) is 0 Å². The Balaban J connectivity index is 2.22. The van der Waals surface area contributed by atoms with Crippen molar-refractivity contribution >= 4 is 39.1 Å². The zero-order valence-corrected chi connectivity index (χ0v) is 18.9. The van der Waals surface area contributed by atoms with Crippen LogP contribution in [0.5, 0.6) is 11.5 Å². The summed E-state index contributed by atoms with van der Waals surface area (Å²) in [5.41, 5.74) is 0. The minimum atomic E-state index is -2.87. The molecule has 0 atom stereocenters. The van der Waals surface area contributed by atoms with Gasteiger partial charge in [0.2, 0.25) is 0 Å². The van der Waals surface area contributed by atoms with Crippen LogP contribution in [0.15, 0.2) is 48.5 Å². The predicted octanol–water partition coefficient (Wildman–Crippen LogP) is 6.83. The van der Waals surface area contributed by atoms with Crippen LogP contribution in [0.1, 0.15) is 52.4 Å². The molecule has 0 saturated heterocycles. The molecule has 0 N–H and O–H groups in total. The molecule has 0 amide bonds. The molecule has 2 aromatic carbocycles. The van der Waals surface area contributed by atoms with Gasteiger partial charge in [0, 0.05) is 0 Å². The average Bonchev–Trinajstić information content (AvgIpc) is 2.69. The molecule has 0 aliphatic rings. The van der Waals surface area contributed by atoms with E-state index >= 15 is 0 Å². The van der Waals surface area contributed by atoms with Crippen molar-refractivity contribution < 1.29 is 9.47 Å². The molecule has 2 nitrogen and oxygen atoms in total. The molecule has 0 radical (unpaired) electrons. The van der Waals surface area contributed by atoms with E-state index in [2.05, 4.69) is 13.8 Å². The molecule has 0 bridgehead atoms. The SMILES string of the molecule is CCCCCOc1ccc([PH](Cl)(Cl)c2ccccc2)c(OCCCCC)c1. The zero-order chi connectivity index (χ0) is 19.5. The summed E-state index contributed by atoms with van der Waals surface area (Å²) in [6.07, 6.45) is 6.72. The molecule has 27 heavy (non-hydrogen) atoms. The maximum atomic E-state index is 6.91. The third-order valence-corrected chi connectivity index (χ3v) is 9.13. The first-order chi connectivity index (χ1) is 13.1. The summed E-state index contributed by atoms with van der Waals surface area (Å²) in [7, 11) is 0. The molecule has 2 aromatic rings. The molecular weight excluding hydrogens is 398 g/mol. The summed E-state index contributed by atoms with van der Waals surface area (Å²) in [5.74, 6) is -1.31. The Kier molecular flexibility index (Phi) is 9.76. The molecule has 5 heteroatoms. The summed E-state index contributed by atoms with van der Waals surface area (Å²) in [6.45, 7) is 5.74. The third kappa shape index (κ3) is 6.86. The van der Waals surface area contributed by atoms with E-state index in [1.165, 1.54) is 12.8 Å². The average molecular weight is 429 g/mol. The van der Waals surface area contributed by atoms with Crippen LogP contribution in [0.25, 0.3) is 0 Å². The van der Waals surface area contributed by atoms with Crippen molar-refractivity contribution in [2.45, 2.75) is 52.4 Å². The second-order valence-corrected chi connectivity index (χ2v) is 13.0. The second kappa shape index (κ2) is 11.8. The normalized spacial score (nSPS) is 12.0. The van der Waals surface area contributed by atoms with Gasteiger partial charge in [-0.1, -0.05) is 0 Å².